The summed E-state index contributed by atoms with van der Waals surface area (Å²) in [7, 11) is 0. The lowest BCUT2D eigenvalue weighted by atomic mass is 9.75. The summed E-state index contributed by atoms with van der Waals surface area (Å²) in [6.07, 6.45) is 8.16. The Morgan fingerprint density at radius 3 is 2.77 bits per heavy atom. The van der Waals surface area contributed by atoms with Gasteiger partial charge in [-0.05, 0) is 55.3 Å². The highest BCUT2D eigenvalue weighted by Crippen LogP contribution is 2.61. The van der Waals surface area contributed by atoms with Gasteiger partial charge in [0.05, 0.1) is 6.07 Å². The van der Waals surface area contributed by atoms with E-state index in [0.717, 1.165) is 36.0 Å². The highest BCUT2D eigenvalue weighted by molar-refractivity contribution is 5.04. The third-order valence-corrected chi connectivity index (χ3v) is 4.92. The second kappa shape index (κ2) is 2.74. The molecule has 3 rings (SSSR count). The Hall–Kier alpha value is -0.510. The lowest BCUT2D eigenvalue weighted by Gasteiger charge is -2.30. The van der Waals surface area contributed by atoms with Crippen molar-refractivity contribution in [2.45, 2.75) is 38.5 Å². The van der Waals surface area contributed by atoms with Crippen molar-refractivity contribution in [2.24, 2.45) is 29.6 Å². The largest absolute Gasteiger partial charge is 0.198 e. The zero-order valence-electron chi connectivity index (χ0n) is 8.08. The SMILES string of the molecule is N#CC[C@@H]1C[C@H]2C[C@H]1[C@H]1CCC[C@@H]21. The van der Waals surface area contributed by atoms with Crippen LogP contribution >= 0.6 is 0 Å². The number of fused-ring (bicyclic) bond motifs is 5. The van der Waals surface area contributed by atoms with E-state index in [2.05, 4.69) is 6.07 Å². The van der Waals surface area contributed by atoms with Crippen LogP contribution in [0.2, 0.25) is 0 Å². The third kappa shape index (κ3) is 0.980. The van der Waals surface area contributed by atoms with Crippen LogP contribution in [0.4, 0.5) is 0 Å². The molecule has 0 heterocycles. The van der Waals surface area contributed by atoms with Crippen molar-refractivity contribution >= 4 is 0 Å². The predicted octanol–water partition coefficient (Wildman–Crippen LogP) is 2.97. The fourth-order valence-electron chi connectivity index (χ4n) is 4.56. The molecular weight excluding hydrogens is 158 g/mol. The van der Waals surface area contributed by atoms with E-state index >= 15 is 0 Å². The van der Waals surface area contributed by atoms with Crippen molar-refractivity contribution in [3.8, 4) is 6.07 Å². The average Bonchev–Trinajstić information content (AvgIpc) is 2.72. The first-order chi connectivity index (χ1) is 6.40. The van der Waals surface area contributed by atoms with Gasteiger partial charge in [0.15, 0.2) is 0 Å². The Bertz CT molecular complexity index is 252. The van der Waals surface area contributed by atoms with Crippen LogP contribution in [-0.2, 0) is 0 Å². The molecule has 0 aliphatic heterocycles. The number of nitrogens with zero attached hydrogens (tertiary/aromatic N) is 1. The van der Waals surface area contributed by atoms with Crippen molar-refractivity contribution in [3.63, 3.8) is 0 Å². The minimum Gasteiger partial charge on any atom is -0.198 e. The van der Waals surface area contributed by atoms with Crippen LogP contribution in [0.5, 0.6) is 0 Å². The smallest absolute Gasteiger partial charge is 0.0624 e. The molecule has 13 heavy (non-hydrogen) atoms. The van der Waals surface area contributed by atoms with Gasteiger partial charge in [0.2, 0.25) is 0 Å². The molecule has 0 amide bonds. The van der Waals surface area contributed by atoms with Crippen LogP contribution in [0, 0.1) is 40.9 Å². The maximum Gasteiger partial charge on any atom is 0.0624 e. The van der Waals surface area contributed by atoms with Gasteiger partial charge < -0.3 is 0 Å². The predicted molar refractivity (Wildman–Crippen MR) is 50.8 cm³/mol. The summed E-state index contributed by atoms with van der Waals surface area (Å²) in [6, 6.07) is 2.37. The summed E-state index contributed by atoms with van der Waals surface area (Å²) < 4.78 is 0. The molecule has 5 atom stereocenters. The van der Waals surface area contributed by atoms with Crippen LogP contribution < -0.4 is 0 Å². The van der Waals surface area contributed by atoms with E-state index in [4.69, 9.17) is 5.26 Å². The topological polar surface area (TPSA) is 23.8 Å². The summed E-state index contributed by atoms with van der Waals surface area (Å²) >= 11 is 0. The molecule has 1 nitrogen and oxygen atoms in total. The standard InChI is InChI=1S/C12H17N/c13-5-4-8-6-9-7-12(8)11-3-1-2-10(9)11/h8-12H,1-4,6-7H2/t8-,9+,10+,11+,12-/m1/s1. The molecule has 0 radical (unpaired) electrons. The van der Waals surface area contributed by atoms with Gasteiger partial charge in [-0.15, -0.1) is 0 Å². The minimum atomic E-state index is 0.786. The molecule has 3 aliphatic rings. The van der Waals surface area contributed by atoms with Gasteiger partial charge in [-0.1, -0.05) is 6.42 Å². The Balaban J connectivity index is 1.79. The quantitative estimate of drug-likeness (QED) is 0.601. The summed E-state index contributed by atoms with van der Waals surface area (Å²) in [4.78, 5) is 0. The molecule has 0 unspecified atom stereocenters. The minimum absolute atomic E-state index is 0.786. The van der Waals surface area contributed by atoms with Crippen LogP contribution in [0.25, 0.3) is 0 Å². The van der Waals surface area contributed by atoms with Crippen LogP contribution in [0.15, 0.2) is 0 Å². The first-order valence-electron chi connectivity index (χ1n) is 5.77. The molecule has 1 heteroatoms. The van der Waals surface area contributed by atoms with Gasteiger partial charge in [0, 0.05) is 6.42 Å². The summed E-state index contributed by atoms with van der Waals surface area (Å²) in [5.41, 5.74) is 0. The highest BCUT2D eigenvalue weighted by Gasteiger charge is 2.53. The molecular formula is C12H17N. The second-order valence-corrected chi connectivity index (χ2v) is 5.28. The number of hydrogen-bond acceptors (Lipinski definition) is 1. The molecule has 0 spiro atoms. The molecule has 0 aromatic heterocycles. The van der Waals surface area contributed by atoms with E-state index in [1.165, 1.54) is 32.1 Å². The molecule has 3 aliphatic carbocycles. The van der Waals surface area contributed by atoms with E-state index in [-0.39, 0.29) is 0 Å². The number of rotatable bonds is 1. The highest BCUT2D eigenvalue weighted by atomic mass is 14.6. The van der Waals surface area contributed by atoms with E-state index in [1.54, 1.807) is 0 Å². The van der Waals surface area contributed by atoms with Crippen molar-refractivity contribution in [1.29, 1.82) is 5.26 Å². The Labute approximate surface area is 80.1 Å². The van der Waals surface area contributed by atoms with E-state index in [9.17, 15) is 0 Å². The van der Waals surface area contributed by atoms with Crippen molar-refractivity contribution < 1.29 is 0 Å². The van der Waals surface area contributed by atoms with Crippen LogP contribution in [0.1, 0.15) is 38.5 Å². The van der Waals surface area contributed by atoms with E-state index < -0.39 is 0 Å². The van der Waals surface area contributed by atoms with Crippen LogP contribution in [0.3, 0.4) is 0 Å². The maximum absolute atomic E-state index is 8.75. The Kier molecular flexibility index (Phi) is 1.65. The van der Waals surface area contributed by atoms with Crippen molar-refractivity contribution in [2.75, 3.05) is 0 Å². The fourth-order valence-corrected chi connectivity index (χ4v) is 4.56. The third-order valence-electron chi connectivity index (χ3n) is 4.92. The first kappa shape index (κ1) is 7.85. The summed E-state index contributed by atoms with van der Waals surface area (Å²) in [5, 5.41) is 8.75. The monoisotopic (exact) mass is 175 g/mol. The summed E-state index contributed by atoms with van der Waals surface area (Å²) in [6.45, 7) is 0. The number of nitriles is 1. The van der Waals surface area contributed by atoms with Gasteiger partial charge >= 0.3 is 0 Å². The molecule has 3 saturated carbocycles. The average molecular weight is 175 g/mol. The molecule has 2 bridgehead atoms. The molecule has 0 saturated heterocycles. The van der Waals surface area contributed by atoms with Gasteiger partial charge in [-0.25, -0.2) is 0 Å². The maximum atomic E-state index is 8.75. The lowest BCUT2D eigenvalue weighted by molar-refractivity contribution is 0.192. The summed E-state index contributed by atoms with van der Waals surface area (Å²) in [5.74, 6) is 4.89. The second-order valence-electron chi connectivity index (χ2n) is 5.28. The molecule has 70 valence electrons. The zero-order chi connectivity index (χ0) is 8.84. The number of hydrogen-bond donors (Lipinski definition) is 0. The zero-order valence-corrected chi connectivity index (χ0v) is 8.08. The van der Waals surface area contributed by atoms with Gasteiger partial charge in [0.25, 0.3) is 0 Å². The van der Waals surface area contributed by atoms with Gasteiger partial charge in [-0.3, -0.25) is 0 Å². The van der Waals surface area contributed by atoms with Crippen molar-refractivity contribution in [1.82, 2.24) is 0 Å². The van der Waals surface area contributed by atoms with Gasteiger partial charge in [-0.2, -0.15) is 5.26 Å². The van der Waals surface area contributed by atoms with Gasteiger partial charge in [0.1, 0.15) is 0 Å². The molecule has 0 aromatic carbocycles. The first-order valence-corrected chi connectivity index (χ1v) is 5.77. The van der Waals surface area contributed by atoms with Crippen molar-refractivity contribution in [3.05, 3.63) is 0 Å². The van der Waals surface area contributed by atoms with Crippen LogP contribution in [-0.4, -0.2) is 0 Å². The Morgan fingerprint density at radius 2 is 1.92 bits per heavy atom. The van der Waals surface area contributed by atoms with E-state index in [1.807, 2.05) is 0 Å². The Morgan fingerprint density at radius 1 is 1.08 bits per heavy atom. The molecule has 0 N–H and O–H groups in total. The van der Waals surface area contributed by atoms with E-state index in [0.29, 0.717) is 0 Å². The molecule has 0 aromatic rings. The fraction of sp³-hybridized carbons (Fsp3) is 0.917. The lowest BCUT2D eigenvalue weighted by Crippen LogP contribution is -2.23. The normalized spacial score (nSPS) is 52.1. The molecule has 3 fully saturated rings.